The number of aliphatic imine (C=N–C) groups is 1. The third-order valence-corrected chi connectivity index (χ3v) is 5.57. The van der Waals surface area contributed by atoms with E-state index in [-0.39, 0.29) is 42.1 Å². The molecule has 35 heavy (non-hydrogen) atoms. The smallest absolute Gasteiger partial charge is 0.247 e. The SMILES string of the molecule is C=C(F)/C=C1/CCC(NCC(=O)NC(=C)NC=NC(C)(C)C(=O)NC(CC)COC)C/C1=C(/C)F. The molecule has 0 aromatic rings. The molecule has 0 saturated heterocycles. The molecule has 2 atom stereocenters. The summed E-state index contributed by atoms with van der Waals surface area (Å²) in [7, 11) is 1.58. The van der Waals surface area contributed by atoms with E-state index in [9.17, 15) is 18.4 Å². The number of rotatable bonds is 13. The maximum atomic E-state index is 13.9. The van der Waals surface area contributed by atoms with Crippen molar-refractivity contribution >= 4 is 18.2 Å². The average molecular weight is 496 g/mol. The Morgan fingerprint density at radius 2 is 2.00 bits per heavy atom. The van der Waals surface area contributed by atoms with Gasteiger partial charge in [-0.05, 0) is 63.7 Å². The molecule has 1 fully saturated rings. The average Bonchev–Trinajstić information content (AvgIpc) is 2.77. The molecule has 0 spiro atoms. The lowest BCUT2D eigenvalue weighted by molar-refractivity contribution is -0.126. The predicted molar refractivity (Wildman–Crippen MR) is 135 cm³/mol. The molecule has 2 amide bonds. The summed E-state index contributed by atoms with van der Waals surface area (Å²) in [6, 6.07) is -0.231. The van der Waals surface area contributed by atoms with Gasteiger partial charge in [-0.1, -0.05) is 20.1 Å². The molecular weight excluding hydrogens is 456 g/mol. The highest BCUT2D eigenvalue weighted by Gasteiger charge is 2.28. The van der Waals surface area contributed by atoms with Crippen LogP contribution in [0.25, 0.3) is 0 Å². The fourth-order valence-electron chi connectivity index (χ4n) is 3.49. The molecule has 8 nitrogen and oxygen atoms in total. The van der Waals surface area contributed by atoms with E-state index in [0.29, 0.717) is 37.0 Å². The third kappa shape index (κ3) is 11.0. The van der Waals surface area contributed by atoms with Gasteiger partial charge in [-0.3, -0.25) is 14.6 Å². The summed E-state index contributed by atoms with van der Waals surface area (Å²) in [6.45, 7) is 14.0. The number of amides is 2. The van der Waals surface area contributed by atoms with E-state index >= 15 is 0 Å². The second-order valence-electron chi connectivity index (χ2n) is 8.97. The predicted octanol–water partition coefficient (Wildman–Crippen LogP) is 3.31. The Hall–Kier alpha value is -2.85. The number of carbonyl (C=O) groups is 2. The van der Waals surface area contributed by atoms with E-state index in [1.54, 1.807) is 21.0 Å². The van der Waals surface area contributed by atoms with Crippen molar-refractivity contribution in [3.05, 3.63) is 47.9 Å². The first-order valence-corrected chi connectivity index (χ1v) is 11.6. The van der Waals surface area contributed by atoms with Crippen LogP contribution in [0, 0.1) is 0 Å². The van der Waals surface area contributed by atoms with E-state index in [0.717, 1.165) is 6.42 Å². The first-order chi connectivity index (χ1) is 16.4. The van der Waals surface area contributed by atoms with Crippen molar-refractivity contribution in [3.63, 3.8) is 0 Å². The van der Waals surface area contributed by atoms with Gasteiger partial charge < -0.3 is 26.0 Å². The van der Waals surface area contributed by atoms with Crippen molar-refractivity contribution in [2.45, 2.75) is 71.0 Å². The van der Waals surface area contributed by atoms with Crippen LogP contribution in [0.3, 0.4) is 0 Å². The van der Waals surface area contributed by atoms with Crippen LogP contribution in [-0.2, 0) is 14.3 Å². The van der Waals surface area contributed by atoms with E-state index in [2.05, 4.69) is 39.4 Å². The zero-order valence-corrected chi connectivity index (χ0v) is 21.4. The number of ether oxygens (including phenoxy) is 1. The lowest BCUT2D eigenvalue weighted by Crippen LogP contribution is -2.47. The summed E-state index contributed by atoms with van der Waals surface area (Å²) in [5.41, 5.74) is -0.00507. The number of methoxy groups -OCH3 is 1. The molecule has 0 aromatic carbocycles. The number of allylic oxidation sites excluding steroid dienone is 4. The van der Waals surface area contributed by atoms with Gasteiger partial charge in [0.25, 0.3) is 0 Å². The summed E-state index contributed by atoms with van der Waals surface area (Å²) >= 11 is 0. The van der Waals surface area contributed by atoms with Crippen molar-refractivity contribution in [3.8, 4) is 0 Å². The van der Waals surface area contributed by atoms with Crippen molar-refractivity contribution < 1.29 is 23.1 Å². The number of hydrogen-bond acceptors (Lipinski definition) is 5. The van der Waals surface area contributed by atoms with Crippen LogP contribution in [0.5, 0.6) is 0 Å². The van der Waals surface area contributed by atoms with Crippen LogP contribution in [0.2, 0.25) is 0 Å². The molecule has 4 N–H and O–H groups in total. The van der Waals surface area contributed by atoms with Crippen LogP contribution in [0.4, 0.5) is 8.78 Å². The van der Waals surface area contributed by atoms with Gasteiger partial charge in [0.2, 0.25) is 11.8 Å². The monoisotopic (exact) mass is 495 g/mol. The molecule has 2 unspecified atom stereocenters. The second-order valence-corrected chi connectivity index (χ2v) is 8.97. The van der Waals surface area contributed by atoms with Gasteiger partial charge in [-0.15, -0.1) is 0 Å². The molecule has 196 valence electrons. The maximum absolute atomic E-state index is 13.9. The van der Waals surface area contributed by atoms with Gasteiger partial charge in [0.15, 0.2) is 0 Å². The standard InChI is InChI=1S/C25H39F2N5O3/c1-8-20(14-35-7)32-24(34)25(5,6)30-15-29-18(4)31-23(33)13-28-21-10-9-19(11-16(2)26)22(12-21)17(3)27/h11,15,20-21,28H,2,4,8-10,12-14H2,1,3,5-7H3,(H,29,30)(H,31,33)(H,32,34)/b19-11-,22-17+. The lowest BCUT2D eigenvalue weighted by atomic mass is 9.85. The highest BCUT2D eigenvalue weighted by Crippen LogP contribution is 2.32. The van der Waals surface area contributed by atoms with Crippen LogP contribution >= 0.6 is 0 Å². The molecule has 1 saturated carbocycles. The van der Waals surface area contributed by atoms with Crippen molar-refractivity contribution in [1.82, 2.24) is 21.3 Å². The second kappa shape index (κ2) is 14.5. The van der Waals surface area contributed by atoms with Crippen molar-refractivity contribution in [2.24, 2.45) is 4.99 Å². The van der Waals surface area contributed by atoms with Crippen LogP contribution in [0.1, 0.15) is 53.4 Å². The Balaban J connectivity index is 2.50. The zero-order chi connectivity index (χ0) is 26.6. The highest BCUT2D eigenvalue weighted by molar-refractivity contribution is 5.87. The topological polar surface area (TPSA) is 104 Å². The minimum absolute atomic E-state index is 0.0121. The van der Waals surface area contributed by atoms with Gasteiger partial charge in [0.1, 0.15) is 23.0 Å². The van der Waals surface area contributed by atoms with Crippen molar-refractivity contribution in [2.75, 3.05) is 20.3 Å². The van der Waals surface area contributed by atoms with Crippen LogP contribution in [-0.4, -0.2) is 56.0 Å². The highest BCUT2D eigenvalue weighted by atomic mass is 19.1. The minimum Gasteiger partial charge on any atom is -0.383 e. The van der Waals surface area contributed by atoms with Crippen molar-refractivity contribution in [1.29, 1.82) is 0 Å². The quantitative estimate of drug-likeness (QED) is 0.232. The van der Waals surface area contributed by atoms with Gasteiger partial charge in [-0.25, -0.2) is 8.78 Å². The number of halogens is 2. The molecule has 10 heteroatoms. The fraction of sp³-hybridized carbons (Fsp3) is 0.560. The van der Waals surface area contributed by atoms with Gasteiger partial charge in [0, 0.05) is 13.2 Å². The van der Waals surface area contributed by atoms with Crippen LogP contribution < -0.4 is 21.3 Å². The Bertz CT molecular complexity index is 876. The van der Waals surface area contributed by atoms with Gasteiger partial charge in [0.05, 0.1) is 25.5 Å². The first kappa shape index (κ1) is 30.2. The number of carbonyl (C=O) groups excluding carboxylic acids is 2. The van der Waals surface area contributed by atoms with E-state index in [4.69, 9.17) is 4.74 Å². The Kier molecular flexibility index (Phi) is 12.5. The van der Waals surface area contributed by atoms with Gasteiger partial charge >= 0.3 is 0 Å². The molecular formula is C25H39F2N5O3. The molecule has 0 heterocycles. The molecule has 1 rings (SSSR count). The Morgan fingerprint density at radius 1 is 1.31 bits per heavy atom. The minimum atomic E-state index is -1.04. The summed E-state index contributed by atoms with van der Waals surface area (Å²) in [5.74, 6) is -1.39. The normalized spacial score (nSPS) is 19.9. The maximum Gasteiger partial charge on any atom is 0.247 e. The number of hydrogen-bond donors (Lipinski definition) is 4. The third-order valence-electron chi connectivity index (χ3n) is 5.57. The Morgan fingerprint density at radius 3 is 2.57 bits per heavy atom. The molecule has 0 aliphatic heterocycles. The van der Waals surface area contributed by atoms with Gasteiger partial charge in [-0.2, -0.15) is 0 Å². The molecule has 1 aliphatic rings. The summed E-state index contributed by atoms with van der Waals surface area (Å²) in [4.78, 5) is 29.0. The van der Waals surface area contributed by atoms with E-state index < -0.39 is 11.4 Å². The lowest BCUT2D eigenvalue weighted by Gasteiger charge is -2.27. The number of nitrogens with zero attached hydrogens (tertiary/aromatic N) is 1. The molecule has 0 radical (unpaired) electrons. The molecule has 0 aromatic heterocycles. The zero-order valence-electron chi connectivity index (χ0n) is 21.4. The van der Waals surface area contributed by atoms with Crippen LogP contribution in [0.15, 0.2) is 52.8 Å². The summed E-state index contributed by atoms with van der Waals surface area (Å²) in [6.07, 6.45) is 4.76. The van der Waals surface area contributed by atoms with E-state index in [1.165, 1.54) is 19.3 Å². The fourth-order valence-corrected chi connectivity index (χ4v) is 3.49. The largest absolute Gasteiger partial charge is 0.383 e. The van der Waals surface area contributed by atoms with E-state index in [1.807, 2.05) is 6.92 Å². The molecule has 0 bridgehead atoms. The number of nitrogens with one attached hydrogen (secondary N) is 4. The Labute approximate surface area is 207 Å². The summed E-state index contributed by atoms with van der Waals surface area (Å²) < 4.78 is 32.2. The molecule has 1 aliphatic carbocycles. The summed E-state index contributed by atoms with van der Waals surface area (Å²) in [5, 5.41) is 11.3. The first-order valence-electron chi connectivity index (χ1n) is 11.6.